The molecule has 9 rings (SSSR count). The van der Waals surface area contributed by atoms with Gasteiger partial charge in [-0.3, -0.25) is 0 Å². The molecule has 1 heteroatoms. The largest absolute Gasteiger partial charge is 0.310 e. The Hall–Kier alpha value is -6.44. The Bertz CT molecular complexity index is 3270. The molecule has 0 heterocycles. The highest BCUT2D eigenvalue weighted by atomic mass is 15.1. The van der Waals surface area contributed by atoms with Gasteiger partial charge in [0.2, 0.25) is 0 Å². The van der Waals surface area contributed by atoms with Gasteiger partial charge in [-0.25, -0.2) is 0 Å². The summed E-state index contributed by atoms with van der Waals surface area (Å²) in [4.78, 5) is 2.44. The Morgan fingerprint density at radius 2 is 0.625 bits per heavy atom. The van der Waals surface area contributed by atoms with Gasteiger partial charge in [-0.1, -0.05) is 239 Å². The van der Waals surface area contributed by atoms with Gasteiger partial charge in [-0.05, 0) is 170 Å². The zero-order chi connectivity index (χ0) is 51.9. The van der Waals surface area contributed by atoms with Crippen LogP contribution >= 0.6 is 0 Å². The number of fused-ring (bicyclic) bond motifs is 3. The summed E-state index contributed by atoms with van der Waals surface area (Å²) < 4.78 is 0. The monoisotopic (exact) mass is 946 g/mol. The molecule has 0 saturated heterocycles. The topological polar surface area (TPSA) is 3.24 Å². The first-order valence-electron chi connectivity index (χ1n) is 26.4. The fourth-order valence-corrected chi connectivity index (χ4v) is 10.5. The van der Waals surface area contributed by atoms with Gasteiger partial charge in [0.15, 0.2) is 0 Å². The second-order valence-electron chi connectivity index (χ2n) is 26.6. The molecule has 1 nitrogen and oxygen atoms in total. The molecule has 8 aromatic carbocycles. The summed E-state index contributed by atoms with van der Waals surface area (Å²) in [5, 5.41) is 0. The molecular weight excluding hydrogens is 867 g/mol. The molecule has 72 heavy (non-hydrogen) atoms. The molecule has 0 fully saturated rings. The summed E-state index contributed by atoms with van der Waals surface area (Å²) in [7, 11) is 0. The van der Waals surface area contributed by atoms with Crippen molar-refractivity contribution >= 4 is 17.1 Å². The zero-order valence-electron chi connectivity index (χ0n) is 46.6. The molecule has 0 aromatic heterocycles. The lowest BCUT2D eigenvalue weighted by molar-refractivity contribution is 0.569. The van der Waals surface area contributed by atoms with E-state index < -0.39 is 0 Å². The highest BCUT2D eigenvalue weighted by molar-refractivity contribution is 5.87. The van der Waals surface area contributed by atoms with E-state index in [9.17, 15) is 0 Å². The minimum absolute atomic E-state index is 0.0252. The normalized spacial score (nSPS) is 13.7. The maximum Gasteiger partial charge on any atom is 0.0465 e. The fraction of sp³-hybridized carbons (Fsp3) is 0.324. The van der Waals surface area contributed by atoms with Crippen LogP contribution in [0.5, 0.6) is 0 Å². The van der Waals surface area contributed by atoms with Crippen LogP contribution in [-0.4, -0.2) is 0 Å². The molecular formula is C71H79N. The van der Waals surface area contributed by atoms with Crippen LogP contribution in [0.1, 0.15) is 157 Å². The van der Waals surface area contributed by atoms with Crippen LogP contribution in [0.3, 0.4) is 0 Å². The molecule has 0 atom stereocenters. The number of nitrogens with zero attached hydrogens (tertiary/aromatic N) is 1. The maximum atomic E-state index is 2.44. The summed E-state index contributed by atoms with van der Waals surface area (Å²) in [6.07, 6.45) is 0. The Kier molecular flexibility index (Phi) is 12.6. The predicted molar refractivity (Wildman–Crippen MR) is 314 cm³/mol. The number of hydrogen-bond donors (Lipinski definition) is 0. The molecule has 0 aliphatic heterocycles. The SMILES string of the molecule is CC(C)(C)c1cccc(-c2ccc(N(c3ccc(-c4cc(-c5cc(-c6cc(C(C)(C)C)cc(C(C)(C)C)c6)cc(C(C)(C)C)c5)cc(C(C)(C)C)c4)cc3)c3ccc4c(c3)C(C)(C)c3ccccc3-4)cc2)c1. The number of hydrogen-bond acceptors (Lipinski definition) is 1. The molecule has 1 aliphatic rings. The second kappa shape index (κ2) is 17.9. The van der Waals surface area contributed by atoms with Gasteiger partial charge in [0.25, 0.3) is 0 Å². The van der Waals surface area contributed by atoms with Crippen molar-refractivity contribution in [3.63, 3.8) is 0 Å². The van der Waals surface area contributed by atoms with Crippen molar-refractivity contribution < 1.29 is 0 Å². The van der Waals surface area contributed by atoms with E-state index in [1.165, 1.54) is 94.6 Å². The molecule has 0 radical (unpaired) electrons. The van der Waals surface area contributed by atoms with Crippen molar-refractivity contribution in [1.82, 2.24) is 0 Å². The summed E-state index contributed by atoms with van der Waals surface area (Å²) in [6.45, 7) is 39.6. The van der Waals surface area contributed by atoms with E-state index in [2.05, 4.69) is 292 Å². The Morgan fingerprint density at radius 1 is 0.264 bits per heavy atom. The molecule has 0 amide bonds. The highest BCUT2D eigenvalue weighted by Gasteiger charge is 2.36. The second-order valence-corrected chi connectivity index (χ2v) is 26.6. The third kappa shape index (κ3) is 10.0. The zero-order valence-corrected chi connectivity index (χ0v) is 46.6. The van der Waals surface area contributed by atoms with Crippen LogP contribution in [-0.2, 0) is 32.5 Å². The molecule has 0 saturated carbocycles. The van der Waals surface area contributed by atoms with Crippen LogP contribution in [0.4, 0.5) is 17.1 Å². The van der Waals surface area contributed by atoms with Gasteiger partial charge in [-0.15, -0.1) is 0 Å². The smallest absolute Gasteiger partial charge is 0.0465 e. The first-order chi connectivity index (χ1) is 33.6. The van der Waals surface area contributed by atoms with E-state index in [0.29, 0.717) is 0 Å². The van der Waals surface area contributed by atoms with Crippen molar-refractivity contribution in [3.05, 3.63) is 209 Å². The first kappa shape index (κ1) is 50.5. The lowest BCUT2D eigenvalue weighted by Crippen LogP contribution is -2.16. The van der Waals surface area contributed by atoms with E-state index in [1.54, 1.807) is 0 Å². The fourth-order valence-electron chi connectivity index (χ4n) is 10.5. The van der Waals surface area contributed by atoms with Crippen molar-refractivity contribution in [2.75, 3.05) is 4.90 Å². The molecule has 1 aliphatic carbocycles. The number of benzene rings is 8. The van der Waals surface area contributed by atoms with Crippen LogP contribution < -0.4 is 4.90 Å². The quantitative estimate of drug-likeness (QED) is 0.154. The van der Waals surface area contributed by atoms with Gasteiger partial charge in [-0.2, -0.15) is 0 Å². The van der Waals surface area contributed by atoms with Gasteiger partial charge in [0.1, 0.15) is 0 Å². The van der Waals surface area contributed by atoms with Gasteiger partial charge >= 0.3 is 0 Å². The lowest BCUT2D eigenvalue weighted by Gasteiger charge is -2.28. The van der Waals surface area contributed by atoms with Gasteiger partial charge in [0.05, 0.1) is 0 Å². The van der Waals surface area contributed by atoms with E-state index >= 15 is 0 Å². The van der Waals surface area contributed by atoms with Crippen molar-refractivity contribution in [2.24, 2.45) is 0 Å². The number of anilines is 3. The number of rotatable bonds is 7. The van der Waals surface area contributed by atoms with E-state index in [1.807, 2.05) is 0 Å². The lowest BCUT2D eigenvalue weighted by atomic mass is 9.77. The highest BCUT2D eigenvalue weighted by Crippen LogP contribution is 2.51. The van der Waals surface area contributed by atoms with Crippen molar-refractivity contribution in [2.45, 2.75) is 150 Å². The van der Waals surface area contributed by atoms with Gasteiger partial charge in [0, 0.05) is 22.5 Å². The molecule has 0 N–H and O–H groups in total. The summed E-state index contributed by atoms with van der Waals surface area (Å²) in [6, 6.07) is 65.4. The average molecular weight is 946 g/mol. The maximum absolute atomic E-state index is 2.44. The Morgan fingerprint density at radius 3 is 1.08 bits per heavy atom. The molecule has 368 valence electrons. The van der Waals surface area contributed by atoms with Crippen molar-refractivity contribution in [3.8, 4) is 55.6 Å². The third-order valence-corrected chi connectivity index (χ3v) is 15.4. The van der Waals surface area contributed by atoms with Crippen LogP contribution in [0.2, 0.25) is 0 Å². The van der Waals surface area contributed by atoms with E-state index in [0.717, 1.165) is 17.1 Å². The Labute approximate surface area is 434 Å². The van der Waals surface area contributed by atoms with Crippen LogP contribution in [0.15, 0.2) is 170 Å². The standard InChI is InChI=1S/C71H79N/c1-66(2,3)54-22-20-21-48(37-54)46-25-29-59(30-26-46)72(61-33-34-63-62-23-18-19-24-64(62)71(16,17)65(63)45-61)60-31-27-47(28-32-60)49-35-50(39-55(38-49)67(4,5)6)51-36-52(41-56(40-51)68(7,8)9)53-42-57(69(10,11)12)44-58(43-53)70(13,14)15/h18-45H,1-17H3. The molecule has 0 bridgehead atoms. The molecule has 0 unspecified atom stereocenters. The summed E-state index contributed by atoms with van der Waals surface area (Å²) in [5.41, 5.74) is 25.4. The molecule has 0 spiro atoms. The first-order valence-corrected chi connectivity index (χ1v) is 26.4. The van der Waals surface area contributed by atoms with Crippen LogP contribution in [0.25, 0.3) is 55.6 Å². The predicted octanol–water partition coefficient (Wildman–Crippen LogP) is 20.6. The third-order valence-electron chi connectivity index (χ3n) is 15.4. The van der Waals surface area contributed by atoms with E-state index in [-0.39, 0.29) is 32.5 Å². The van der Waals surface area contributed by atoms with Crippen molar-refractivity contribution in [1.29, 1.82) is 0 Å². The average Bonchev–Trinajstić information content (AvgIpc) is 3.55. The summed E-state index contributed by atoms with van der Waals surface area (Å²) in [5.74, 6) is 0. The minimum Gasteiger partial charge on any atom is -0.310 e. The Balaban J connectivity index is 1.16. The minimum atomic E-state index is -0.117. The summed E-state index contributed by atoms with van der Waals surface area (Å²) >= 11 is 0. The molecule has 8 aromatic rings. The van der Waals surface area contributed by atoms with Gasteiger partial charge < -0.3 is 4.90 Å². The van der Waals surface area contributed by atoms with E-state index in [4.69, 9.17) is 0 Å². The van der Waals surface area contributed by atoms with Crippen LogP contribution in [0, 0.1) is 0 Å².